The topological polar surface area (TPSA) is 48.4 Å². The summed E-state index contributed by atoms with van der Waals surface area (Å²) in [6.07, 6.45) is 0. The van der Waals surface area contributed by atoms with Crippen LogP contribution in [0.2, 0.25) is 0 Å². The van der Waals surface area contributed by atoms with Gasteiger partial charge < -0.3 is 9.47 Å². The molecule has 0 aliphatic carbocycles. The second-order valence-corrected chi connectivity index (χ2v) is 3.90. The third-order valence-electron chi connectivity index (χ3n) is 2.70. The molecule has 0 fully saturated rings. The van der Waals surface area contributed by atoms with Gasteiger partial charge in [-0.25, -0.2) is 9.78 Å². The Hall–Kier alpha value is -2.10. The molecule has 0 unspecified atom stereocenters. The number of benzene rings is 1. The highest BCUT2D eigenvalue weighted by Gasteiger charge is 2.12. The zero-order valence-corrected chi connectivity index (χ0v) is 10.7. The van der Waals surface area contributed by atoms with E-state index < -0.39 is 5.97 Å². The van der Waals surface area contributed by atoms with E-state index in [9.17, 15) is 4.79 Å². The van der Waals surface area contributed by atoms with Crippen LogP contribution in [0, 0.1) is 6.92 Å². The summed E-state index contributed by atoms with van der Waals surface area (Å²) in [6.45, 7) is 4.41. The van der Waals surface area contributed by atoms with Crippen LogP contribution in [-0.2, 0) is 4.74 Å². The summed E-state index contributed by atoms with van der Waals surface area (Å²) in [5.74, 6) is 0.246. The van der Waals surface area contributed by atoms with Crippen molar-refractivity contribution < 1.29 is 14.3 Å². The number of methoxy groups -OCH3 is 1. The summed E-state index contributed by atoms with van der Waals surface area (Å²) >= 11 is 0. The molecule has 2 rings (SSSR count). The van der Waals surface area contributed by atoms with Gasteiger partial charge in [0.2, 0.25) is 0 Å². The van der Waals surface area contributed by atoms with E-state index in [-0.39, 0.29) is 0 Å². The van der Waals surface area contributed by atoms with Gasteiger partial charge in [0.25, 0.3) is 0 Å². The molecule has 0 radical (unpaired) electrons. The van der Waals surface area contributed by atoms with Crippen LogP contribution in [0.5, 0.6) is 5.75 Å². The van der Waals surface area contributed by atoms with E-state index in [0.717, 1.165) is 10.9 Å². The molecule has 1 heterocycles. The molecule has 0 atom stereocenters. The van der Waals surface area contributed by atoms with Crippen LogP contribution in [0.4, 0.5) is 0 Å². The minimum absolute atomic E-state index is 0.301. The number of hydrogen-bond acceptors (Lipinski definition) is 4. The predicted molar refractivity (Wildman–Crippen MR) is 69.0 cm³/mol. The van der Waals surface area contributed by atoms with E-state index >= 15 is 0 Å². The van der Waals surface area contributed by atoms with Crippen molar-refractivity contribution in [1.29, 1.82) is 0 Å². The van der Waals surface area contributed by atoms with Crippen LogP contribution in [0.15, 0.2) is 24.3 Å². The molecule has 2 aromatic rings. The number of carbonyl (C=O) groups is 1. The van der Waals surface area contributed by atoms with Gasteiger partial charge in [0, 0.05) is 5.39 Å². The Morgan fingerprint density at radius 2 is 2.17 bits per heavy atom. The molecule has 18 heavy (non-hydrogen) atoms. The largest absolute Gasteiger partial charge is 0.492 e. The number of hydrogen-bond donors (Lipinski definition) is 0. The quantitative estimate of drug-likeness (QED) is 0.780. The fourth-order valence-corrected chi connectivity index (χ4v) is 1.87. The molecule has 0 saturated heterocycles. The van der Waals surface area contributed by atoms with Gasteiger partial charge in [-0.3, -0.25) is 0 Å². The number of ether oxygens (including phenoxy) is 2. The third-order valence-corrected chi connectivity index (χ3v) is 2.70. The van der Waals surface area contributed by atoms with Gasteiger partial charge in [-0.15, -0.1) is 0 Å². The fraction of sp³-hybridized carbons (Fsp3) is 0.286. The molecular formula is C14H15NO3. The normalized spacial score (nSPS) is 10.4. The van der Waals surface area contributed by atoms with E-state index in [4.69, 9.17) is 9.47 Å². The number of nitrogens with zero attached hydrogens (tertiary/aromatic N) is 1. The Morgan fingerprint density at radius 1 is 1.39 bits per heavy atom. The monoisotopic (exact) mass is 245 g/mol. The Bertz CT molecular complexity index is 593. The maximum Gasteiger partial charge on any atom is 0.356 e. The molecule has 0 aliphatic rings. The molecule has 4 nitrogen and oxygen atoms in total. The van der Waals surface area contributed by atoms with E-state index in [1.54, 1.807) is 6.07 Å². The highest BCUT2D eigenvalue weighted by atomic mass is 16.5. The molecule has 4 heteroatoms. The van der Waals surface area contributed by atoms with E-state index in [1.165, 1.54) is 7.11 Å². The van der Waals surface area contributed by atoms with Crippen molar-refractivity contribution in [3.8, 4) is 5.75 Å². The molecule has 0 aliphatic heterocycles. The van der Waals surface area contributed by atoms with Crippen LogP contribution in [0.1, 0.15) is 23.0 Å². The first kappa shape index (κ1) is 12.4. The number of carbonyl (C=O) groups excluding carboxylic acids is 1. The maximum atomic E-state index is 11.6. The highest BCUT2D eigenvalue weighted by Crippen LogP contribution is 2.26. The van der Waals surface area contributed by atoms with E-state index in [1.807, 2.05) is 32.0 Å². The summed E-state index contributed by atoms with van der Waals surface area (Å²) in [5, 5.41) is 0.980. The van der Waals surface area contributed by atoms with Gasteiger partial charge in [-0.2, -0.15) is 0 Å². The average Bonchev–Trinajstić information content (AvgIpc) is 2.39. The third kappa shape index (κ3) is 2.14. The number of fused-ring (bicyclic) bond motifs is 1. The molecule has 94 valence electrons. The molecule has 1 aromatic carbocycles. The number of aryl methyl sites for hydroxylation is 1. The van der Waals surface area contributed by atoms with Crippen LogP contribution in [0.25, 0.3) is 10.9 Å². The molecule has 0 amide bonds. The minimum Gasteiger partial charge on any atom is -0.492 e. The van der Waals surface area contributed by atoms with Crippen molar-refractivity contribution in [3.05, 3.63) is 35.5 Å². The van der Waals surface area contributed by atoms with Gasteiger partial charge in [-0.1, -0.05) is 12.1 Å². The summed E-state index contributed by atoms with van der Waals surface area (Å²) in [5.41, 5.74) is 1.97. The van der Waals surface area contributed by atoms with E-state index in [2.05, 4.69) is 4.98 Å². The standard InChI is InChI=1S/C14H15NO3/c1-4-18-12-7-5-6-10-9(2)8-11(14(16)17-3)15-13(10)12/h5-8H,4H2,1-3H3. The lowest BCUT2D eigenvalue weighted by Gasteiger charge is -2.09. The first-order chi connectivity index (χ1) is 8.67. The highest BCUT2D eigenvalue weighted by molar-refractivity contribution is 5.94. The lowest BCUT2D eigenvalue weighted by Crippen LogP contribution is -2.05. The lowest BCUT2D eigenvalue weighted by atomic mass is 10.1. The minimum atomic E-state index is -0.439. The zero-order chi connectivity index (χ0) is 13.1. The first-order valence-electron chi connectivity index (χ1n) is 5.78. The van der Waals surface area contributed by atoms with Crippen molar-refractivity contribution in [2.45, 2.75) is 13.8 Å². The molecule has 0 spiro atoms. The molecular weight excluding hydrogens is 230 g/mol. The molecule has 0 N–H and O–H groups in total. The van der Waals surface area contributed by atoms with Crippen LogP contribution < -0.4 is 4.74 Å². The number of rotatable bonds is 3. The van der Waals surface area contributed by atoms with Crippen molar-refractivity contribution in [2.24, 2.45) is 0 Å². The maximum absolute atomic E-state index is 11.6. The van der Waals surface area contributed by atoms with Gasteiger partial charge in [0.05, 0.1) is 13.7 Å². The smallest absolute Gasteiger partial charge is 0.356 e. The molecule has 1 aromatic heterocycles. The van der Waals surface area contributed by atoms with Gasteiger partial charge in [0.1, 0.15) is 17.0 Å². The average molecular weight is 245 g/mol. The van der Waals surface area contributed by atoms with Gasteiger partial charge in [0.15, 0.2) is 0 Å². The SMILES string of the molecule is CCOc1cccc2c(C)cc(C(=O)OC)nc12. The predicted octanol–water partition coefficient (Wildman–Crippen LogP) is 2.73. The number of esters is 1. The van der Waals surface area contributed by atoms with Crippen molar-refractivity contribution >= 4 is 16.9 Å². The van der Waals surface area contributed by atoms with Crippen molar-refractivity contribution in [2.75, 3.05) is 13.7 Å². The Kier molecular flexibility index (Phi) is 3.46. The summed E-state index contributed by atoms with van der Waals surface area (Å²) in [4.78, 5) is 15.9. The summed E-state index contributed by atoms with van der Waals surface area (Å²) in [6, 6.07) is 7.45. The van der Waals surface area contributed by atoms with Crippen LogP contribution >= 0.6 is 0 Å². The molecule has 0 bridgehead atoms. The van der Waals surface area contributed by atoms with Crippen molar-refractivity contribution in [3.63, 3.8) is 0 Å². The Labute approximate surface area is 106 Å². The number of pyridine rings is 1. The Morgan fingerprint density at radius 3 is 2.83 bits per heavy atom. The number of aromatic nitrogens is 1. The molecule has 0 saturated carbocycles. The second kappa shape index (κ2) is 5.04. The van der Waals surface area contributed by atoms with E-state index in [0.29, 0.717) is 23.6 Å². The number of para-hydroxylation sites is 1. The zero-order valence-electron chi connectivity index (χ0n) is 10.7. The summed E-state index contributed by atoms with van der Waals surface area (Å²) < 4.78 is 10.2. The van der Waals surface area contributed by atoms with Gasteiger partial charge in [-0.05, 0) is 31.5 Å². The lowest BCUT2D eigenvalue weighted by molar-refractivity contribution is 0.0594. The Balaban J connectivity index is 2.67. The second-order valence-electron chi connectivity index (χ2n) is 3.90. The first-order valence-corrected chi connectivity index (χ1v) is 5.78. The van der Waals surface area contributed by atoms with Gasteiger partial charge >= 0.3 is 5.97 Å². The fourth-order valence-electron chi connectivity index (χ4n) is 1.87. The van der Waals surface area contributed by atoms with Crippen LogP contribution in [0.3, 0.4) is 0 Å². The van der Waals surface area contributed by atoms with Crippen molar-refractivity contribution in [1.82, 2.24) is 4.98 Å². The van der Waals surface area contributed by atoms with Crippen LogP contribution in [-0.4, -0.2) is 24.7 Å². The summed E-state index contributed by atoms with van der Waals surface area (Å²) in [7, 11) is 1.35.